The average molecular weight is 407 g/mol. The maximum absolute atomic E-state index is 5.43. The molecule has 0 aliphatic rings. The monoisotopic (exact) mass is 406 g/mol. The van der Waals surface area contributed by atoms with Gasteiger partial charge in [0.1, 0.15) is 11.5 Å². The molecule has 0 spiro atoms. The lowest BCUT2D eigenvalue weighted by Gasteiger charge is -2.12. The molecule has 0 radical (unpaired) electrons. The fraction of sp³-hybridized carbons (Fsp3) is 0.308. The first-order chi connectivity index (χ1) is 14.7. The maximum atomic E-state index is 5.43. The topological polar surface area (TPSA) is 36.9 Å². The minimum Gasteiger partial charge on any atom is -0.497 e. The van der Waals surface area contributed by atoms with Gasteiger partial charge in [-0.1, -0.05) is 30.3 Å². The Hall–Kier alpha value is -3.14. The Morgan fingerprint density at radius 1 is 0.500 bits per heavy atom. The summed E-state index contributed by atoms with van der Waals surface area (Å²) in [5.74, 6) is 3.18. The predicted molar refractivity (Wildman–Crippen MR) is 120 cm³/mol. The summed E-state index contributed by atoms with van der Waals surface area (Å²) in [6.07, 6.45) is 3.83. The van der Waals surface area contributed by atoms with Crippen LogP contribution in [-0.2, 0) is 25.7 Å². The Kier molecular flexibility index (Phi) is 7.61. The van der Waals surface area contributed by atoms with Gasteiger partial charge in [-0.05, 0) is 72.2 Å². The first kappa shape index (κ1) is 21.6. The van der Waals surface area contributed by atoms with Crippen molar-refractivity contribution in [1.29, 1.82) is 0 Å². The van der Waals surface area contributed by atoms with E-state index in [1.807, 2.05) is 12.1 Å². The van der Waals surface area contributed by atoms with E-state index in [0.29, 0.717) is 0 Å². The van der Waals surface area contributed by atoms with Crippen molar-refractivity contribution in [3.8, 4) is 23.0 Å². The van der Waals surface area contributed by atoms with Gasteiger partial charge < -0.3 is 18.9 Å². The van der Waals surface area contributed by atoms with Crippen molar-refractivity contribution in [3.05, 3.63) is 82.9 Å². The van der Waals surface area contributed by atoms with Crippen LogP contribution in [0.25, 0.3) is 0 Å². The van der Waals surface area contributed by atoms with Crippen LogP contribution in [0.2, 0.25) is 0 Å². The van der Waals surface area contributed by atoms with Crippen LogP contribution >= 0.6 is 0 Å². The van der Waals surface area contributed by atoms with Crippen molar-refractivity contribution >= 4 is 0 Å². The van der Waals surface area contributed by atoms with E-state index < -0.39 is 0 Å². The van der Waals surface area contributed by atoms with Gasteiger partial charge in [0.25, 0.3) is 0 Å². The van der Waals surface area contributed by atoms with E-state index in [9.17, 15) is 0 Å². The third-order valence-electron chi connectivity index (χ3n) is 5.34. The highest BCUT2D eigenvalue weighted by molar-refractivity contribution is 5.43. The van der Waals surface area contributed by atoms with E-state index in [0.717, 1.165) is 48.7 Å². The van der Waals surface area contributed by atoms with Crippen LogP contribution < -0.4 is 18.9 Å². The molecule has 3 aromatic rings. The Morgan fingerprint density at radius 3 is 1.60 bits per heavy atom. The molecule has 158 valence electrons. The van der Waals surface area contributed by atoms with Gasteiger partial charge in [0.15, 0.2) is 11.5 Å². The van der Waals surface area contributed by atoms with E-state index in [4.69, 9.17) is 18.9 Å². The average Bonchev–Trinajstić information content (AvgIpc) is 2.81. The van der Waals surface area contributed by atoms with Gasteiger partial charge >= 0.3 is 0 Å². The molecular formula is C26H30O4. The lowest BCUT2D eigenvalue weighted by atomic mass is 9.95. The molecule has 0 saturated carbocycles. The number of hydrogen-bond donors (Lipinski definition) is 0. The fourth-order valence-corrected chi connectivity index (χ4v) is 3.65. The van der Waals surface area contributed by atoms with Crippen LogP contribution in [0.1, 0.15) is 22.3 Å². The van der Waals surface area contributed by atoms with Crippen molar-refractivity contribution in [2.75, 3.05) is 28.4 Å². The molecular weight excluding hydrogens is 376 g/mol. The molecule has 0 atom stereocenters. The summed E-state index contributed by atoms with van der Waals surface area (Å²) in [4.78, 5) is 0. The molecule has 0 aliphatic heterocycles. The van der Waals surface area contributed by atoms with Gasteiger partial charge in [-0.3, -0.25) is 0 Å². The normalized spacial score (nSPS) is 10.5. The minimum atomic E-state index is 0.760. The molecule has 4 heteroatoms. The largest absolute Gasteiger partial charge is 0.497 e. The molecule has 0 fully saturated rings. The quantitative estimate of drug-likeness (QED) is 0.458. The fourth-order valence-electron chi connectivity index (χ4n) is 3.65. The van der Waals surface area contributed by atoms with Crippen molar-refractivity contribution in [1.82, 2.24) is 0 Å². The maximum Gasteiger partial charge on any atom is 0.160 e. The highest BCUT2D eigenvalue weighted by Crippen LogP contribution is 2.28. The Morgan fingerprint density at radius 2 is 1.07 bits per heavy atom. The summed E-state index contributed by atoms with van der Waals surface area (Å²) in [6, 6.07) is 20.9. The zero-order valence-corrected chi connectivity index (χ0v) is 18.2. The summed E-state index contributed by atoms with van der Waals surface area (Å²) < 4.78 is 21.6. The zero-order chi connectivity index (χ0) is 21.3. The van der Waals surface area contributed by atoms with Crippen molar-refractivity contribution < 1.29 is 18.9 Å². The van der Waals surface area contributed by atoms with E-state index in [-0.39, 0.29) is 0 Å². The van der Waals surface area contributed by atoms with Crippen LogP contribution in [0.3, 0.4) is 0 Å². The Labute approximate surface area is 179 Å². The summed E-state index contributed by atoms with van der Waals surface area (Å²) >= 11 is 0. The molecule has 0 bridgehead atoms. The van der Waals surface area contributed by atoms with Crippen LogP contribution in [-0.4, -0.2) is 28.4 Å². The van der Waals surface area contributed by atoms with E-state index in [2.05, 4.69) is 48.5 Å². The predicted octanol–water partition coefficient (Wildman–Crippen LogP) is 5.29. The first-order valence-electron chi connectivity index (χ1n) is 10.2. The van der Waals surface area contributed by atoms with Crippen LogP contribution in [0, 0.1) is 0 Å². The van der Waals surface area contributed by atoms with Crippen molar-refractivity contribution in [2.24, 2.45) is 0 Å². The van der Waals surface area contributed by atoms with Gasteiger partial charge in [-0.2, -0.15) is 0 Å². The van der Waals surface area contributed by atoms with E-state index in [1.54, 1.807) is 28.4 Å². The first-order valence-corrected chi connectivity index (χ1v) is 10.2. The molecule has 4 nitrogen and oxygen atoms in total. The lowest BCUT2D eigenvalue weighted by Crippen LogP contribution is -2.00. The molecule has 0 N–H and O–H groups in total. The molecule has 3 aromatic carbocycles. The van der Waals surface area contributed by atoms with Crippen LogP contribution in [0.4, 0.5) is 0 Å². The minimum absolute atomic E-state index is 0.760. The van der Waals surface area contributed by atoms with Gasteiger partial charge in [0.2, 0.25) is 0 Å². The molecule has 0 unspecified atom stereocenters. The number of aryl methyl sites for hydroxylation is 4. The summed E-state index contributed by atoms with van der Waals surface area (Å²) in [5, 5.41) is 0. The second-order valence-corrected chi connectivity index (χ2v) is 7.18. The molecule has 0 heterocycles. The molecule has 0 amide bonds. The van der Waals surface area contributed by atoms with Crippen LogP contribution in [0.15, 0.2) is 60.7 Å². The number of hydrogen-bond acceptors (Lipinski definition) is 4. The zero-order valence-electron chi connectivity index (χ0n) is 18.2. The highest BCUT2D eigenvalue weighted by Gasteiger charge is 2.08. The SMILES string of the molecule is COc1cc(CCc2ccccc2CCc2ccc(OC)c(OC)c2)cc(OC)c1. The number of ether oxygens (including phenoxy) is 4. The standard InChI is InChI=1S/C26H30O4/c1-27-23-15-20(16-24(18-23)28-2)10-13-22-8-6-5-7-21(22)12-9-19-11-14-25(29-3)26(17-19)30-4/h5-8,11,14-18H,9-10,12-13H2,1-4H3. The number of rotatable bonds is 10. The van der Waals surface area contributed by atoms with Crippen molar-refractivity contribution in [2.45, 2.75) is 25.7 Å². The molecule has 3 rings (SSSR count). The second-order valence-electron chi connectivity index (χ2n) is 7.18. The molecule has 0 aromatic heterocycles. The van der Waals surface area contributed by atoms with Gasteiger partial charge in [0, 0.05) is 6.07 Å². The van der Waals surface area contributed by atoms with Gasteiger partial charge in [-0.15, -0.1) is 0 Å². The lowest BCUT2D eigenvalue weighted by molar-refractivity contribution is 0.354. The van der Waals surface area contributed by atoms with Gasteiger partial charge in [0.05, 0.1) is 28.4 Å². The number of benzene rings is 3. The second kappa shape index (κ2) is 10.6. The molecule has 0 aliphatic carbocycles. The summed E-state index contributed by atoms with van der Waals surface area (Å²) in [5.41, 5.74) is 5.20. The van der Waals surface area contributed by atoms with E-state index >= 15 is 0 Å². The van der Waals surface area contributed by atoms with Crippen LogP contribution in [0.5, 0.6) is 23.0 Å². The summed E-state index contributed by atoms with van der Waals surface area (Å²) in [7, 11) is 6.69. The van der Waals surface area contributed by atoms with Crippen molar-refractivity contribution in [3.63, 3.8) is 0 Å². The summed E-state index contributed by atoms with van der Waals surface area (Å²) in [6.45, 7) is 0. The van der Waals surface area contributed by atoms with E-state index in [1.165, 1.54) is 22.3 Å². The Bertz CT molecular complexity index is 943. The molecule has 30 heavy (non-hydrogen) atoms. The third kappa shape index (κ3) is 5.47. The third-order valence-corrected chi connectivity index (χ3v) is 5.34. The Balaban J connectivity index is 1.69. The highest BCUT2D eigenvalue weighted by atomic mass is 16.5. The molecule has 0 saturated heterocycles. The van der Waals surface area contributed by atoms with Gasteiger partial charge in [-0.25, -0.2) is 0 Å². The number of methoxy groups -OCH3 is 4. The smallest absolute Gasteiger partial charge is 0.160 e.